The molecule has 1 aromatic rings. The van der Waals surface area contributed by atoms with Crippen LogP contribution < -0.4 is 4.74 Å². The molecular formula is C10H12BrNO. The number of pyridine rings is 1. The Hall–Kier alpha value is -0.830. The lowest BCUT2D eigenvalue weighted by Gasteiger charge is -1.98. The van der Waals surface area contributed by atoms with Crippen LogP contribution in [0.4, 0.5) is 0 Å². The average molecular weight is 242 g/mol. The normalized spacial score (nSPS) is 10.6. The van der Waals surface area contributed by atoms with Gasteiger partial charge in [-0.25, -0.2) is 4.98 Å². The summed E-state index contributed by atoms with van der Waals surface area (Å²) in [6.07, 6.45) is 6.95. The van der Waals surface area contributed by atoms with Crippen LogP contribution >= 0.6 is 15.9 Å². The molecule has 0 aromatic carbocycles. The SMILES string of the molecule is COc1cc(C=CCCBr)ccn1. The van der Waals surface area contributed by atoms with Crippen molar-refractivity contribution in [1.29, 1.82) is 0 Å². The van der Waals surface area contributed by atoms with Crippen LogP contribution in [0.1, 0.15) is 12.0 Å². The molecule has 0 saturated carbocycles. The average Bonchev–Trinajstić information content (AvgIpc) is 2.19. The van der Waals surface area contributed by atoms with Gasteiger partial charge in [0.05, 0.1) is 7.11 Å². The molecule has 0 spiro atoms. The molecule has 1 rings (SSSR count). The van der Waals surface area contributed by atoms with E-state index in [0.717, 1.165) is 17.3 Å². The highest BCUT2D eigenvalue weighted by atomic mass is 79.9. The van der Waals surface area contributed by atoms with Gasteiger partial charge in [0.15, 0.2) is 0 Å². The van der Waals surface area contributed by atoms with Gasteiger partial charge in [0.25, 0.3) is 0 Å². The Bertz CT molecular complexity index is 286. The monoisotopic (exact) mass is 241 g/mol. The maximum Gasteiger partial charge on any atom is 0.213 e. The molecule has 0 atom stereocenters. The number of rotatable bonds is 4. The van der Waals surface area contributed by atoms with E-state index in [0.29, 0.717) is 5.88 Å². The van der Waals surface area contributed by atoms with Gasteiger partial charge in [-0.2, -0.15) is 0 Å². The molecule has 1 aromatic heterocycles. The maximum atomic E-state index is 5.01. The van der Waals surface area contributed by atoms with Crippen molar-refractivity contribution in [3.8, 4) is 5.88 Å². The summed E-state index contributed by atoms with van der Waals surface area (Å²) in [6.45, 7) is 0. The summed E-state index contributed by atoms with van der Waals surface area (Å²) in [4.78, 5) is 4.02. The van der Waals surface area contributed by atoms with E-state index in [1.54, 1.807) is 13.3 Å². The van der Waals surface area contributed by atoms with Gasteiger partial charge in [0.1, 0.15) is 0 Å². The third-order valence-corrected chi connectivity index (χ3v) is 2.01. The highest BCUT2D eigenvalue weighted by Crippen LogP contribution is 2.10. The van der Waals surface area contributed by atoms with E-state index in [1.165, 1.54) is 0 Å². The second kappa shape index (κ2) is 5.75. The number of nitrogens with zero attached hydrogens (tertiary/aromatic N) is 1. The number of methoxy groups -OCH3 is 1. The number of aromatic nitrogens is 1. The van der Waals surface area contributed by atoms with Crippen molar-refractivity contribution >= 4 is 22.0 Å². The van der Waals surface area contributed by atoms with Crippen LogP contribution in [0.5, 0.6) is 5.88 Å². The minimum atomic E-state index is 0.654. The molecule has 0 bridgehead atoms. The highest BCUT2D eigenvalue weighted by molar-refractivity contribution is 9.09. The van der Waals surface area contributed by atoms with Crippen molar-refractivity contribution in [2.75, 3.05) is 12.4 Å². The minimum Gasteiger partial charge on any atom is -0.481 e. The first-order valence-electron chi connectivity index (χ1n) is 4.09. The van der Waals surface area contributed by atoms with Gasteiger partial charge in [-0.15, -0.1) is 0 Å². The fourth-order valence-electron chi connectivity index (χ4n) is 0.922. The molecule has 0 N–H and O–H groups in total. The van der Waals surface area contributed by atoms with Crippen molar-refractivity contribution in [2.45, 2.75) is 6.42 Å². The van der Waals surface area contributed by atoms with Crippen LogP contribution in [0.25, 0.3) is 6.08 Å². The molecule has 0 amide bonds. The first-order chi connectivity index (χ1) is 6.36. The molecule has 0 radical (unpaired) electrons. The van der Waals surface area contributed by atoms with Gasteiger partial charge in [-0.1, -0.05) is 28.1 Å². The summed E-state index contributed by atoms with van der Waals surface area (Å²) in [5, 5.41) is 0.992. The molecule has 0 fully saturated rings. The summed E-state index contributed by atoms with van der Waals surface area (Å²) < 4.78 is 5.01. The lowest BCUT2D eigenvalue weighted by Crippen LogP contribution is -1.86. The summed E-state index contributed by atoms with van der Waals surface area (Å²) in [6, 6.07) is 3.86. The van der Waals surface area contributed by atoms with E-state index in [9.17, 15) is 0 Å². The number of hydrogen-bond donors (Lipinski definition) is 0. The van der Waals surface area contributed by atoms with E-state index in [-0.39, 0.29) is 0 Å². The highest BCUT2D eigenvalue weighted by Gasteiger charge is 1.91. The number of alkyl halides is 1. The first kappa shape index (κ1) is 10.3. The van der Waals surface area contributed by atoms with Gasteiger partial charge < -0.3 is 4.74 Å². The molecule has 70 valence electrons. The standard InChI is InChI=1S/C10H12BrNO/c1-13-10-8-9(5-7-12-10)4-2-3-6-11/h2,4-5,7-8H,3,6H2,1H3. The molecule has 1 heterocycles. The molecule has 13 heavy (non-hydrogen) atoms. The predicted octanol–water partition coefficient (Wildman–Crippen LogP) is 2.89. The molecule has 0 unspecified atom stereocenters. The number of ether oxygens (including phenoxy) is 1. The fraction of sp³-hybridized carbons (Fsp3) is 0.300. The van der Waals surface area contributed by atoms with Crippen LogP contribution in [-0.4, -0.2) is 17.4 Å². The van der Waals surface area contributed by atoms with Gasteiger partial charge in [-0.3, -0.25) is 0 Å². The van der Waals surface area contributed by atoms with Crippen molar-refractivity contribution in [1.82, 2.24) is 4.98 Å². The summed E-state index contributed by atoms with van der Waals surface area (Å²) in [5.74, 6) is 0.654. The molecule has 0 aliphatic carbocycles. The van der Waals surface area contributed by atoms with E-state index >= 15 is 0 Å². The Labute approximate surface area is 86.8 Å². The minimum absolute atomic E-state index is 0.654. The summed E-state index contributed by atoms with van der Waals surface area (Å²) in [5.41, 5.74) is 1.12. The smallest absolute Gasteiger partial charge is 0.213 e. The van der Waals surface area contributed by atoms with Crippen LogP contribution in [0.15, 0.2) is 24.4 Å². The van der Waals surface area contributed by atoms with Crippen LogP contribution in [-0.2, 0) is 0 Å². The summed E-state index contributed by atoms with van der Waals surface area (Å²) >= 11 is 3.36. The van der Waals surface area contributed by atoms with Gasteiger partial charge in [0.2, 0.25) is 5.88 Å². The quantitative estimate of drug-likeness (QED) is 0.757. The lowest BCUT2D eigenvalue weighted by molar-refractivity contribution is 0.398. The Balaban J connectivity index is 2.66. The predicted molar refractivity (Wildman–Crippen MR) is 58.2 cm³/mol. The van der Waals surface area contributed by atoms with Gasteiger partial charge in [-0.05, 0) is 18.1 Å². The largest absolute Gasteiger partial charge is 0.481 e. The number of halogens is 1. The number of allylic oxidation sites excluding steroid dienone is 1. The third kappa shape index (κ3) is 3.59. The second-order valence-corrected chi connectivity index (χ2v) is 3.30. The number of hydrogen-bond acceptors (Lipinski definition) is 2. The van der Waals surface area contributed by atoms with Crippen LogP contribution in [0, 0.1) is 0 Å². The fourth-order valence-corrected chi connectivity index (χ4v) is 1.19. The molecule has 0 saturated heterocycles. The zero-order valence-corrected chi connectivity index (χ0v) is 9.12. The Morgan fingerprint density at radius 2 is 2.46 bits per heavy atom. The topological polar surface area (TPSA) is 22.1 Å². The zero-order valence-electron chi connectivity index (χ0n) is 7.53. The van der Waals surface area contributed by atoms with Crippen molar-refractivity contribution in [3.05, 3.63) is 30.0 Å². The lowest BCUT2D eigenvalue weighted by atomic mass is 10.2. The van der Waals surface area contributed by atoms with Crippen LogP contribution in [0.3, 0.4) is 0 Å². The van der Waals surface area contributed by atoms with E-state index in [1.807, 2.05) is 12.1 Å². The van der Waals surface area contributed by atoms with Gasteiger partial charge >= 0.3 is 0 Å². The Morgan fingerprint density at radius 1 is 1.62 bits per heavy atom. The molecular weight excluding hydrogens is 230 g/mol. The van der Waals surface area contributed by atoms with E-state index < -0.39 is 0 Å². The van der Waals surface area contributed by atoms with E-state index in [4.69, 9.17) is 4.74 Å². The van der Waals surface area contributed by atoms with E-state index in [2.05, 4.69) is 33.1 Å². The molecule has 0 aliphatic rings. The third-order valence-electron chi connectivity index (χ3n) is 1.55. The van der Waals surface area contributed by atoms with Gasteiger partial charge in [0, 0.05) is 17.6 Å². The first-order valence-corrected chi connectivity index (χ1v) is 5.21. The maximum absolute atomic E-state index is 5.01. The Morgan fingerprint density at radius 3 is 3.15 bits per heavy atom. The van der Waals surface area contributed by atoms with Crippen LogP contribution in [0.2, 0.25) is 0 Å². The molecule has 2 nitrogen and oxygen atoms in total. The second-order valence-electron chi connectivity index (χ2n) is 2.51. The van der Waals surface area contributed by atoms with Crippen molar-refractivity contribution in [3.63, 3.8) is 0 Å². The molecule has 3 heteroatoms. The van der Waals surface area contributed by atoms with Crippen molar-refractivity contribution in [2.24, 2.45) is 0 Å². The van der Waals surface area contributed by atoms with Crippen molar-refractivity contribution < 1.29 is 4.74 Å². The molecule has 0 aliphatic heterocycles. The zero-order chi connectivity index (χ0) is 9.52. The summed E-state index contributed by atoms with van der Waals surface area (Å²) in [7, 11) is 1.62. The Kier molecular flexibility index (Phi) is 4.54.